The van der Waals surface area contributed by atoms with Crippen LogP contribution in [0.2, 0.25) is 0 Å². The highest BCUT2D eigenvalue weighted by molar-refractivity contribution is 5.90. The van der Waals surface area contributed by atoms with Crippen LogP contribution in [0.25, 0.3) is 0 Å². The maximum atomic E-state index is 13.0. The number of carbonyl (C=O) groups is 1. The molecule has 1 fully saturated rings. The fourth-order valence-corrected chi connectivity index (χ4v) is 3.29. The first kappa shape index (κ1) is 17.4. The number of aryl methyl sites for hydroxylation is 2. The Balaban J connectivity index is 1.83. The maximum absolute atomic E-state index is 13.0. The van der Waals surface area contributed by atoms with Crippen LogP contribution in [-0.4, -0.2) is 37.4 Å². The van der Waals surface area contributed by atoms with Crippen molar-refractivity contribution in [2.75, 3.05) is 11.9 Å². The Morgan fingerprint density at radius 1 is 1.36 bits per heavy atom. The number of aromatic nitrogens is 4. The van der Waals surface area contributed by atoms with Gasteiger partial charge in [-0.1, -0.05) is 31.8 Å². The van der Waals surface area contributed by atoms with Crippen LogP contribution >= 0.6 is 0 Å². The molecule has 0 saturated carbocycles. The molecule has 8 heteroatoms. The van der Waals surface area contributed by atoms with Gasteiger partial charge in [-0.05, 0) is 18.8 Å². The molecule has 3 heterocycles. The lowest BCUT2D eigenvalue weighted by Gasteiger charge is -2.28. The molecule has 0 spiro atoms. The molecule has 1 atom stereocenters. The van der Waals surface area contributed by atoms with Crippen molar-refractivity contribution in [1.82, 2.24) is 24.8 Å². The SMILES string of the molecule is Cc1nc([C@H]2CCCCCN2C(=O)Nc2cn(C)nc2C(C)C)no1. The van der Waals surface area contributed by atoms with Crippen LogP contribution in [0.5, 0.6) is 0 Å². The van der Waals surface area contributed by atoms with Gasteiger partial charge in [0, 0.05) is 26.7 Å². The van der Waals surface area contributed by atoms with Crippen LogP contribution in [0.15, 0.2) is 10.7 Å². The summed E-state index contributed by atoms with van der Waals surface area (Å²) in [5.41, 5.74) is 1.65. The molecule has 0 radical (unpaired) electrons. The van der Waals surface area contributed by atoms with E-state index in [-0.39, 0.29) is 18.0 Å². The highest BCUT2D eigenvalue weighted by Crippen LogP contribution is 2.30. The molecule has 1 aliphatic rings. The molecular weight excluding hydrogens is 320 g/mol. The number of hydrogen-bond acceptors (Lipinski definition) is 5. The van der Waals surface area contributed by atoms with Crippen molar-refractivity contribution in [2.24, 2.45) is 7.05 Å². The first-order valence-corrected chi connectivity index (χ1v) is 8.87. The van der Waals surface area contributed by atoms with Crippen molar-refractivity contribution in [3.8, 4) is 0 Å². The van der Waals surface area contributed by atoms with Gasteiger partial charge in [-0.3, -0.25) is 4.68 Å². The summed E-state index contributed by atoms with van der Waals surface area (Å²) in [5, 5.41) is 11.5. The van der Waals surface area contributed by atoms with E-state index in [0.717, 1.165) is 37.1 Å². The Hall–Kier alpha value is -2.38. The molecule has 0 aromatic carbocycles. The second kappa shape index (κ2) is 7.25. The molecule has 2 amide bonds. The monoisotopic (exact) mass is 346 g/mol. The van der Waals surface area contributed by atoms with E-state index in [1.165, 1.54) is 0 Å². The fraction of sp³-hybridized carbons (Fsp3) is 0.647. The highest BCUT2D eigenvalue weighted by Gasteiger charge is 2.31. The first-order chi connectivity index (χ1) is 12.0. The maximum Gasteiger partial charge on any atom is 0.322 e. The van der Waals surface area contributed by atoms with Crippen molar-refractivity contribution in [3.63, 3.8) is 0 Å². The summed E-state index contributed by atoms with van der Waals surface area (Å²) in [4.78, 5) is 19.2. The second-order valence-corrected chi connectivity index (χ2v) is 6.92. The third-order valence-corrected chi connectivity index (χ3v) is 4.50. The number of urea groups is 1. The summed E-state index contributed by atoms with van der Waals surface area (Å²) >= 11 is 0. The van der Waals surface area contributed by atoms with Gasteiger partial charge in [-0.15, -0.1) is 0 Å². The Morgan fingerprint density at radius 2 is 2.16 bits per heavy atom. The Bertz CT molecular complexity index is 735. The minimum atomic E-state index is -0.154. The number of likely N-dealkylation sites (tertiary alicyclic amines) is 1. The van der Waals surface area contributed by atoms with Crippen LogP contribution in [0.4, 0.5) is 10.5 Å². The first-order valence-electron chi connectivity index (χ1n) is 8.87. The smallest absolute Gasteiger partial charge is 0.322 e. The molecule has 136 valence electrons. The standard InChI is InChI=1S/C17H26N6O2/c1-11(2)15-13(10-22(4)20-15)19-17(24)23-9-7-5-6-8-14(23)16-18-12(3)25-21-16/h10-11,14H,5-9H2,1-4H3,(H,19,24)/t14-/m1/s1. The van der Waals surface area contributed by atoms with E-state index in [2.05, 4.69) is 34.4 Å². The van der Waals surface area contributed by atoms with E-state index in [4.69, 9.17) is 4.52 Å². The molecule has 2 aromatic rings. The number of anilines is 1. The zero-order valence-electron chi connectivity index (χ0n) is 15.3. The van der Waals surface area contributed by atoms with E-state index < -0.39 is 0 Å². The number of carbonyl (C=O) groups excluding carboxylic acids is 1. The van der Waals surface area contributed by atoms with Crippen LogP contribution in [0.1, 0.15) is 68.9 Å². The van der Waals surface area contributed by atoms with Gasteiger partial charge in [0.25, 0.3) is 0 Å². The molecule has 1 N–H and O–H groups in total. The summed E-state index contributed by atoms with van der Waals surface area (Å²) in [5.74, 6) is 1.34. The van der Waals surface area contributed by atoms with E-state index in [9.17, 15) is 4.79 Å². The molecular formula is C17H26N6O2. The molecule has 3 rings (SSSR count). The van der Waals surface area contributed by atoms with Gasteiger partial charge in [-0.25, -0.2) is 4.79 Å². The summed E-state index contributed by atoms with van der Waals surface area (Å²) in [7, 11) is 1.86. The number of hydrogen-bond donors (Lipinski definition) is 1. The lowest BCUT2D eigenvalue weighted by Crippen LogP contribution is -2.38. The molecule has 25 heavy (non-hydrogen) atoms. The zero-order valence-corrected chi connectivity index (χ0v) is 15.3. The predicted octanol–water partition coefficient (Wildman–Crippen LogP) is 3.38. The number of amides is 2. The van der Waals surface area contributed by atoms with Gasteiger partial charge in [0.1, 0.15) is 0 Å². The van der Waals surface area contributed by atoms with Gasteiger partial charge in [0.15, 0.2) is 5.82 Å². The molecule has 1 aliphatic heterocycles. The van der Waals surface area contributed by atoms with Gasteiger partial charge < -0.3 is 14.7 Å². The molecule has 0 bridgehead atoms. The Labute approximate surface area is 147 Å². The number of nitrogens with one attached hydrogen (secondary N) is 1. The Kier molecular flexibility index (Phi) is 5.06. The van der Waals surface area contributed by atoms with Crippen LogP contribution in [-0.2, 0) is 7.05 Å². The number of rotatable bonds is 3. The van der Waals surface area contributed by atoms with Gasteiger partial charge in [-0.2, -0.15) is 10.1 Å². The average molecular weight is 346 g/mol. The molecule has 2 aromatic heterocycles. The van der Waals surface area contributed by atoms with E-state index in [1.54, 1.807) is 11.6 Å². The number of nitrogens with zero attached hydrogens (tertiary/aromatic N) is 5. The van der Waals surface area contributed by atoms with Crippen LogP contribution in [0, 0.1) is 6.92 Å². The predicted molar refractivity (Wildman–Crippen MR) is 93.3 cm³/mol. The Morgan fingerprint density at radius 3 is 2.84 bits per heavy atom. The van der Waals surface area contributed by atoms with Crippen molar-refractivity contribution in [2.45, 2.75) is 58.4 Å². The van der Waals surface area contributed by atoms with Crippen molar-refractivity contribution < 1.29 is 9.32 Å². The summed E-state index contributed by atoms with van der Waals surface area (Å²) in [6, 6.07) is -0.289. The highest BCUT2D eigenvalue weighted by atomic mass is 16.5. The third-order valence-electron chi connectivity index (χ3n) is 4.50. The fourth-order valence-electron chi connectivity index (χ4n) is 3.29. The minimum absolute atomic E-state index is 0.135. The second-order valence-electron chi connectivity index (χ2n) is 6.92. The minimum Gasteiger partial charge on any atom is -0.340 e. The average Bonchev–Trinajstić information content (AvgIpc) is 3.04. The van der Waals surface area contributed by atoms with Crippen molar-refractivity contribution in [1.29, 1.82) is 0 Å². The normalized spacial score (nSPS) is 18.4. The van der Waals surface area contributed by atoms with E-state index in [0.29, 0.717) is 18.3 Å². The van der Waals surface area contributed by atoms with Gasteiger partial charge in [0.05, 0.1) is 17.4 Å². The largest absolute Gasteiger partial charge is 0.340 e. The van der Waals surface area contributed by atoms with E-state index in [1.807, 2.05) is 18.1 Å². The lowest BCUT2D eigenvalue weighted by molar-refractivity contribution is 0.184. The van der Waals surface area contributed by atoms with Crippen molar-refractivity contribution in [3.05, 3.63) is 23.6 Å². The van der Waals surface area contributed by atoms with Crippen LogP contribution < -0.4 is 5.32 Å². The summed E-state index contributed by atoms with van der Waals surface area (Å²) in [6.07, 6.45) is 5.81. The van der Waals surface area contributed by atoms with Crippen LogP contribution in [0.3, 0.4) is 0 Å². The van der Waals surface area contributed by atoms with Crippen molar-refractivity contribution >= 4 is 11.7 Å². The molecule has 8 nitrogen and oxygen atoms in total. The quantitative estimate of drug-likeness (QED) is 0.920. The lowest BCUT2D eigenvalue weighted by atomic mass is 10.1. The van der Waals surface area contributed by atoms with Gasteiger partial charge >= 0.3 is 6.03 Å². The molecule has 0 aliphatic carbocycles. The molecule has 1 saturated heterocycles. The van der Waals surface area contributed by atoms with Gasteiger partial charge in [0.2, 0.25) is 5.89 Å². The third kappa shape index (κ3) is 3.83. The summed E-state index contributed by atoms with van der Waals surface area (Å²) < 4.78 is 6.86. The summed E-state index contributed by atoms with van der Waals surface area (Å²) in [6.45, 7) is 6.58. The van der Waals surface area contributed by atoms with E-state index >= 15 is 0 Å². The zero-order chi connectivity index (χ0) is 18.0. The molecule has 0 unspecified atom stereocenters. The topological polar surface area (TPSA) is 89.1 Å².